The molecule has 0 aromatic heterocycles. The maximum absolute atomic E-state index is 11.8. The standard InChI is InChI=1S/C15H29N3O/c1-3-17(4-2)10-7-11-18-12-15(19)16-13-8-5-6-9-14(13)18/h13-14H,3-12H2,1-2H3,(H,16,19)/t13-,14+/m1/s1. The molecule has 2 rings (SSSR count). The summed E-state index contributed by atoms with van der Waals surface area (Å²) >= 11 is 0. The molecule has 2 aliphatic rings. The van der Waals surface area contributed by atoms with E-state index in [0.717, 1.165) is 26.2 Å². The van der Waals surface area contributed by atoms with Crippen molar-refractivity contribution in [1.29, 1.82) is 0 Å². The van der Waals surface area contributed by atoms with E-state index >= 15 is 0 Å². The molecule has 0 unspecified atom stereocenters. The molecule has 1 aliphatic carbocycles. The molecular weight excluding hydrogens is 238 g/mol. The Kier molecular flexibility index (Phi) is 5.64. The molecule has 1 saturated carbocycles. The normalized spacial score (nSPS) is 28.3. The van der Waals surface area contributed by atoms with Crippen LogP contribution in [0.3, 0.4) is 0 Å². The van der Waals surface area contributed by atoms with Gasteiger partial charge in [-0.3, -0.25) is 9.69 Å². The molecule has 0 aromatic carbocycles. The number of carbonyl (C=O) groups is 1. The van der Waals surface area contributed by atoms with E-state index in [-0.39, 0.29) is 5.91 Å². The molecule has 2 atom stereocenters. The van der Waals surface area contributed by atoms with Gasteiger partial charge in [0, 0.05) is 18.6 Å². The first-order valence-electron chi connectivity index (χ1n) is 8.00. The van der Waals surface area contributed by atoms with Gasteiger partial charge in [0.05, 0.1) is 6.54 Å². The Morgan fingerprint density at radius 3 is 2.74 bits per heavy atom. The second kappa shape index (κ2) is 7.25. The Balaban J connectivity index is 1.81. The summed E-state index contributed by atoms with van der Waals surface area (Å²) in [5, 5.41) is 3.18. The van der Waals surface area contributed by atoms with Crippen LogP contribution < -0.4 is 5.32 Å². The Bertz CT molecular complexity index is 291. The zero-order valence-electron chi connectivity index (χ0n) is 12.5. The van der Waals surface area contributed by atoms with Crippen molar-refractivity contribution in [2.24, 2.45) is 0 Å². The summed E-state index contributed by atoms with van der Waals surface area (Å²) in [6, 6.07) is 1.02. The molecule has 1 heterocycles. The average Bonchev–Trinajstić information content (AvgIpc) is 2.43. The first-order chi connectivity index (χ1) is 9.24. The number of nitrogens with zero attached hydrogens (tertiary/aromatic N) is 2. The van der Waals surface area contributed by atoms with Crippen molar-refractivity contribution in [1.82, 2.24) is 15.1 Å². The van der Waals surface area contributed by atoms with Crippen LogP contribution in [-0.2, 0) is 4.79 Å². The van der Waals surface area contributed by atoms with Crippen LogP contribution in [0.5, 0.6) is 0 Å². The highest BCUT2D eigenvalue weighted by Crippen LogP contribution is 2.25. The van der Waals surface area contributed by atoms with Gasteiger partial charge in [-0.25, -0.2) is 0 Å². The van der Waals surface area contributed by atoms with Crippen LogP contribution in [0, 0.1) is 0 Å². The Labute approximate surface area is 117 Å². The van der Waals surface area contributed by atoms with Crippen LogP contribution in [0.25, 0.3) is 0 Å². The first kappa shape index (κ1) is 14.8. The number of fused-ring (bicyclic) bond motifs is 1. The van der Waals surface area contributed by atoms with E-state index in [1.54, 1.807) is 0 Å². The third-order valence-electron chi connectivity index (χ3n) is 4.71. The summed E-state index contributed by atoms with van der Waals surface area (Å²) in [6.07, 6.45) is 6.20. The molecule has 4 nitrogen and oxygen atoms in total. The number of hydrogen-bond acceptors (Lipinski definition) is 3. The summed E-state index contributed by atoms with van der Waals surface area (Å²) < 4.78 is 0. The second-order valence-electron chi connectivity index (χ2n) is 5.88. The Morgan fingerprint density at radius 2 is 2.00 bits per heavy atom. The zero-order chi connectivity index (χ0) is 13.7. The number of amides is 1. The predicted octanol–water partition coefficient (Wildman–Crippen LogP) is 1.46. The third kappa shape index (κ3) is 3.93. The van der Waals surface area contributed by atoms with Crippen molar-refractivity contribution < 1.29 is 4.79 Å². The average molecular weight is 267 g/mol. The maximum atomic E-state index is 11.8. The van der Waals surface area contributed by atoms with Crippen molar-refractivity contribution in [3.8, 4) is 0 Å². The molecule has 1 amide bonds. The summed E-state index contributed by atoms with van der Waals surface area (Å²) in [6.45, 7) is 9.53. The van der Waals surface area contributed by atoms with E-state index in [1.807, 2.05) is 0 Å². The third-order valence-corrected chi connectivity index (χ3v) is 4.71. The largest absolute Gasteiger partial charge is 0.351 e. The van der Waals surface area contributed by atoms with Gasteiger partial charge in [-0.2, -0.15) is 0 Å². The summed E-state index contributed by atoms with van der Waals surface area (Å²) in [5.41, 5.74) is 0. The molecular formula is C15H29N3O. The lowest BCUT2D eigenvalue weighted by Crippen LogP contribution is -2.61. The van der Waals surface area contributed by atoms with Crippen LogP contribution in [0.15, 0.2) is 0 Å². The van der Waals surface area contributed by atoms with E-state index in [2.05, 4.69) is 29.0 Å². The minimum absolute atomic E-state index is 0.228. The van der Waals surface area contributed by atoms with Crippen molar-refractivity contribution in [2.75, 3.05) is 32.7 Å². The first-order valence-corrected chi connectivity index (χ1v) is 8.00. The summed E-state index contributed by atoms with van der Waals surface area (Å²) in [5.74, 6) is 0.228. The van der Waals surface area contributed by atoms with Crippen LogP contribution in [-0.4, -0.2) is 60.5 Å². The van der Waals surface area contributed by atoms with Gasteiger partial charge in [-0.1, -0.05) is 26.7 Å². The fourth-order valence-corrected chi connectivity index (χ4v) is 3.55. The van der Waals surface area contributed by atoms with Crippen molar-refractivity contribution in [3.63, 3.8) is 0 Å². The molecule has 0 spiro atoms. The summed E-state index contributed by atoms with van der Waals surface area (Å²) in [4.78, 5) is 16.7. The quantitative estimate of drug-likeness (QED) is 0.791. The lowest BCUT2D eigenvalue weighted by Gasteiger charge is -2.44. The number of carbonyl (C=O) groups excluding carboxylic acids is 1. The molecule has 2 fully saturated rings. The van der Waals surface area contributed by atoms with Crippen LogP contribution in [0.4, 0.5) is 0 Å². The SMILES string of the molecule is CCN(CC)CCCN1CC(=O)N[C@@H]2CCCC[C@@H]21. The molecule has 0 aromatic rings. The second-order valence-corrected chi connectivity index (χ2v) is 5.88. The molecule has 19 heavy (non-hydrogen) atoms. The van der Waals surface area contributed by atoms with Gasteiger partial charge in [-0.05, 0) is 38.9 Å². The predicted molar refractivity (Wildman–Crippen MR) is 78.2 cm³/mol. The number of rotatable bonds is 6. The van der Waals surface area contributed by atoms with Gasteiger partial charge >= 0.3 is 0 Å². The van der Waals surface area contributed by atoms with E-state index < -0.39 is 0 Å². The maximum Gasteiger partial charge on any atom is 0.234 e. The van der Waals surface area contributed by atoms with Gasteiger partial charge in [0.1, 0.15) is 0 Å². The molecule has 1 saturated heterocycles. The Hall–Kier alpha value is -0.610. The van der Waals surface area contributed by atoms with E-state index in [4.69, 9.17) is 0 Å². The van der Waals surface area contributed by atoms with Crippen molar-refractivity contribution in [2.45, 2.75) is 58.0 Å². The van der Waals surface area contributed by atoms with E-state index in [9.17, 15) is 4.79 Å². The van der Waals surface area contributed by atoms with E-state index in [1.165, 1.54) is 32.1 Å². The molecule has 0 bridgehead atoms. The zero-order valence-corrected chi connectivity index (χ0v) is 12.5. The van der Waals surface area contributed by atoms with Crippen LogP contribution in [0.1, 0.15) is 46.0 Å². The fourth-order valence-electron chi connectivity index (χ4n) is 3.55. The van der Waals surface area contributed by atoms with Crippen LogP contribution >= 0.6 is 0 Å². The number of nitrogens with one attached hydrogen (secondary N) is 1. The number of piperazine rings is 1. The van der Waals surface area contributed by atoms with Gasteiger partial charge in [0.25, 0.3) is 0 Å². The van der Waals surface area contributed by atoms with Crippen molar-refractivity contribution >= 4 is 5.91 Å². The molecule has 1 aliphatic heterocycles. The highest BCUT2D eigenvalue weighted by Gasteiger charge is 2.35. The lowest BCUT2D eigenvalue weighted by atomic mass is 9.87. The molecule has 110 valence electrons. The minimum Gasteiger partial charge on any atom is -0.351 e. The monoisotopic (exact) mass is 267 g/mol. The van der Waals surface area contributed by atoms with Gasteiger partial charge < -0.3 is 10.2 Å². The molecule has 1 N–H and O–H groups in total. The lowest BCUT2D eigenvalue weighted by molar-refractivity contribution is -0.128. The number of hydrogen-bond donors (Lipinski definition) is 1. The fraction of sp³-hybridized carbons (Fsp3) is 0.933. The highest BCUT2D eigenvalue weighted by atomic mass is 16.2. The molecule has 0 radical (unpaired) electrons. The molecule has 4 heteroatoms. The highest BCUT2D eigenvalue weighted by molar-refractivity contribution is 5.79. The van der Waals surface area contributed by atoms with Crippen molar-refractivity contribution in [3.05, 3.63) is 0 Å². The van der Waals surface area contributed by atoms with Gasteiger partial charge in [0.15, 0.2) is 0 Å². The van der Waals surface area contributed by atoms with Crippen LogP contribution in [0.2, 0.25) is 0 Å². The smallest absolute Gasteiger partial charge is 0.234 e. The van der Waals surface area contributed by atoms with Gasteiger partial charge in [-0.15, -0.1) is 0 Å². The van der Waals surface area contributed by atoms with Gasteiger partial charge in [0.2, 0.25) is 5.91 Å². The minimum atomic E-state index is 0.228. The summed E-state index contributed by atoms with van der Waals surface area (Å²) in [7, 11) is 0. The van der Waals surface area contributed by atoms with E-state index in [0.29, 0.717) is 18.6 Å². The Morgan fingerprint density at radius 1 is 1.26 bits per heavy atom. The topological polar surface area (TPSA) is 35.6 Å².